The molecule has 2 rings (SSSR count). The molecular weight excluding hydrogens is 286 g/mol. The fourth-order valence-electron chi connectivity index (χ4n) is 2.38. The number of aryl methyl sites for hydroxylation is 4. The highest BCUT2D eigenvalue weighted by Crippen LogP contribution is 2.18. The SMILES string of the molecule is Cc1ccc(C)c(OCCNC(=O)Cc2ccc(C)c(C)c2)c1. The lowest BCUT2D eigenvalue weighted by Crippen LogP contribution is -2.29. The van der Waals surface area contributed by atoms with Crippen LogP contribution in [0.25, 0.3) is 0 Å². The van der Waals surface area contributed by atoms with Gasteiger partial charge in [-0.3, -0.25) is 4.79 Å². The van der Waals surface area contributed by atoms with Crippen molar-refractivity contribution in [2.45, 2.75) is 34.1 Å². The summed E-state index contributed by atoms with van der Waals surface area (Å²) in [5, 5.41) is 2.91. The van der Waals surface area contributed by atoms with Crippen LogP contribution in [0.2, 0.25) is 0 Å². The third-order valence-corrected chi connectivity index (χ3v) is 3.96. The molecule has 0 bridgehead atoms. The van der Waals surface area contributed by atoms with E-state index in [2.05, 4.69) is 37.4 Å². The predicted octanol–water partition coefficient (Wildman–Crippen LogP) is 3.66. The number of ether oxygens (including phenoxy) is 1. The van der Waals surface area contributed by atoms with Crippen molar-refractivity contribution in [1.29, 1.82) is 0 Å². The van der Waals surface area contributed by atoms with Gasteiger partial charge in [-0.1, -0.05) is 30.3 Å². The van der Waals surface area contributed by atoms with Crippen LogP contribution in [0.5, 0.6) is 5.75 Å². The van der Waals surface area contributed by atoms with Gasteiger partial charge in [0.25, 0.3) is 0 Å². The molecule has 0 fully saturated rings. The van der Waals surface area contributed by atoms with Gasteiger partial charge in [-0.15, -0.1) is 0 Å². The van der Waals surface area contributed by atoms with Gasteiger partial charge in [0.05, 0.1) is 13.0 Å². The Bertz CT molecular complexity index is 692. The number of nitrogens with one attached hydrogen (secondary N) is 1. The van der Waals surface area contributed by atoms with E-state index in [0.29, 0.717) is 19.6 Å². The summed E-state index contributed by atoms with van der Waals surface area (Å²) in [4.78, 5) is 12.0. The molecule has 0 spiro atoms. The zero-order chi connectivity index (χ0) is 16.8. The lowest BCUT2D eigenvalue weighted by Gasteiger charge is -2.11. The molecule has 0 aliphatic rings. The van der Waals surface area contributed by atoms with Crippen molar-refractivity contribution in [2.24, 2.45) is 0 Å². The molecule has 0 aromatic heterocycles. The van der Waals surface area contributed by atoms with E-state index in [9.17, 15) is 4.79 Å². The van der Waals surface area contributed by atoms with Crippen LogP contribution in [-0.2, 0) is 11.2 Å². The van der Waals surface area contributed by atoms with E-state index in [1.54, 1.807) is 0 Å². The minimum absolute atomic E-state index is 0.0258. The van der Waals surface area contributed by atoms with Crippen molar-refractivity contribution in [2.75, 3.05) is 13.2 Å². The maximum absolute atomic E-state index is 12.0. The Morgan fingerprint density at radius 1 is 0.957 bits per heavy atom. The van der Waals surface area contributed by atoms with Crippen molar-refractivity contribution < 1.29 is 9.53 Å². The molecule has 2 aromatic rings. The highest BCUT2D eigenvalue weighted by Gasteiger charge is 2.05. The molecule has 3 nitrogen and oxygen atoms in total. The molecule has 0 aliphatic carbocycles. The molecule has 23 heavy (non-hydrogen) atoms. The third-order valence-electron chi connectivity index (χ3n) is 3.96. The number of amides is 1. The van der Waals surface area contributed by atoms with Crippen LogP contribution in [-0.4, -0.2) is 19.1 Å². The number of benzene rings is 2. The van der Waals surface area contributed by atoms with Crippen molar-refractivity contribution >= 4 is 5.91 Å². The minimum atomic E-state index is 0.0258. The van der Waals surface area contributed by atoms with E-state index < -0.39 is 0 Å². The van der Waals surface area contributed by atoms with Gasteiger partial charge in [0.1, 0.15) is 12.4 Å². The van der Waals surface area contributed by atoms with Crippen LogP contribution in [0.3, 0.4) is 0 Å². The van der Waals surface area contributed by atoms with Crippen LogP contribution in [0.4, 0.5) is 0 Å². The fourth-order valence-corrected chi connectivity index (χ4v) is 2.38. The topological polar surface area (TPSA) is 38.3 Å². The summed E-state index contributed by atoms with van der Waals surface area (Å²) in [6, 6.07) is 12.3. The summed E-state index contributed by atoms with van der Waals surface area (Å²) in [6.07, 6.45) is 0.407. The van der Waals surface area contributed by atoms with Gasteiger partial charge in [0.2, 0.25) is 5.91 Å². The van der Waals surface area contributed by atoms with E-state index >= 15 is 0 Å². The first-order valence-electron chi connectivity index (χ1n) is 7.98. The van der Waals surface area contributed by atoms with Gasteiger partial charge in [0, 0.05) is 0 Å². The lowest BCUT2D eigenvalue weighted by molar-refractivity contribution is -0.120. The zero-order valence-corrected chi connectivity index (χ0v) is 14.4. The standard InChI is InChI=1S/C20H25NO2/c1-14-5-6-16(3)19(11-14)23-10-9-21-20(22)13-18-8-7-15(2)17(4)12-18/h5-8,11-12H,9-10,13H2,1-4H3,(H,21,22). The van der Waals surface area contributed by atoms with Gasteiger partial charge in [0.15, 0.2) is 0 Å². The van der Waals surface area contributed by atoms with Gasteiger partial charge in [-0.2, -0.15) is 0 Å². The molecule has 122 valence electrons. The van der Waals surface area contributed by atoms with E-state index in [1.807, 2.05) is 32.0 Å². The molecule has 0 saturated heterocycles. The van der Waals surface area contributed by atoms with Crippen molar-refractivity contribution in [3.63, 3.8) is 0 Å². The van der Waals surface area contributed by atoms with Gasteiger partial charge in [-0.25, -0.2) is 0 Å². The molecule has 0 unspecified atom stereocenters. The summed E-state index contributed by atoms with van der Waals surface area (Å²) in [5.41, 5.74) is 5.78. The number of hydrogen-bond acceptors (Lipinski definition) is 2. The Morgan fingerprint density at radius 2 is 1.70 bits per heavy atom. The van der Waals surface area contributed by atoms with Crippen LogP contribution >= 0.6 is 0 Å². The smallest absolute Gasteiger partial charge is 0.224 e. The van der Waals surface area contributed by atoms with E-state index in [0.717, 1.165) is 16.9 Å². The first-order chi connectivity index (χ1) is 11.0. The molecule has 1 amide bonds. The van der Waals surface area contributed by atoms with Crippen molar-refractivity contribution in [3.8, 4) is 5.75 Å². The van der Waals surface area contributed by atoms with Gasteiger partial charge in [-0.05, 0) is 61.6 Å². The van der Waals surface area contributed by atoms with Gasteiger partial charge < -0.3 is 10.1 Å². The molecule has 0 atom stereocenters. The maximum Gasteiger partial charge on any atom is 0.224 e. The second-order valence-electron chi connectivity index (χ2n) is 6.06. The van der Waals surface area contributed by atoms with Crippen molar-refractivity contribution in [1.82, 2.24) is 5.32 Å². The molecule has 3 heteroatoms. The zero-order valence-electron chi connectivity index (χ0n) is 14.4. The maximum atomic E-state index is 12.0. The normalized spacial score (nSPS) is 10.4. The Hall–Kier alpha value is -2.29. The molecule has 0 aliphatic heterocycles. The van der Waals surface area contributed by atoms with Crippen LogP contribution in [0, 0.1) is 27.7 Å². The van der Waals surface area contributed by atoms with E-state index in [-0.39, 0.29) is 5.91 Å². The lowest BCUT2D eigenvalue weighted by atomic mass is 10.0. The summed E-state index contributed by atoms with van der Waals surface area (Å²) < 4.78 is 5.74. The van der Waals surface area contributed by atoms with Crippen LogP contribution < -0.4 is 10.1 Å². The summed E-state index contributed by atoms with van der Waals surface area (Å²) >= 11 is 0. The average Bonchev–Trinajstić information content (AvgIpc) is 2.51. The number of carbonyl (C=O) groups excluding carboxylic acids is 1. The highest BCUT2D eigenvalue weighted by atomic mass is 16.5. The molecule has 2 aromatic carbocycles. The second kappa shape index (κ2) is 7.82. The number of carbonyl (C=O) groups is 1. The molecule has 1 N–H and O–H groups in total. The first-order valence-corrected chi connectivity index (χ1v) is 7.98. The van der Waals surface area contributed by atoms with E-state index in [1.165, 1.54) is 16.7 Å². The molecule has 0 radical (unpaired) electrons. The predicted molar refractivity (Wildman–Crippen MR) is 94.0 cm³/mol. The first kappa shape index (κ1) is 17.1. The molecule has 0 heterocycles. The Kier molecular flexibility index (Phi) is 5.80. The third kappa shape index (κ3) is 5.13. The fraction of sp³-hybridized carbons (Fsp3) is 0.350. The summed E-state index contributed by atoms with van der Waals surface area (Å²) in [5.74, 6) is 0.909. The monoisotopic (exact) mass is 311 g/mol. The Morgan fingerprint density at radius 3 is 2.43 bits per heavy atom. The molecule has 0 saturated carbocycles. The minimum Gasteiger partial charge on any atom is -0.491 e. The highest BCUT2D eigenvalue weighted by molar-refractivity contribution is 5.78. The Balaban J connectivity index is 1.76. The quantitative estimate of drug-likeness (QED) is 0.827. The number of rotatable bonds is 6. The van der Waals surface area contributed by atoms with Crippen LogP contribution in [0.1, 0.15) is 27.8 Å². The molecular formula is C20H25NO2. The average molecular weight is 311 g/mol. The Labute approximate surface area is 138 Å². The largest absolute Gasteiger partial charge is 0.491 e. The van der Waals surface area contributed by atoms with Gasteiger partial charge >= 0.3 is 0 Å². The van der Waals surface area contributed by atoms with Crippen LogP contribution in [0.15, 0.2) is 36.4 Å². The second-order valence-corrected chi connectivity index (χ2v) is 6.06. The van der Waals surface area contributed by atoms with Crippen molar-refractivity contribution in [3.05, 3.63) is 64.2 Å². The van der Waals surface area contributed by atoms with E-state index in [4.69, 9.17) is 4.74 Å². The summed E-state index contributed by atoms with van der Waals surface area (Å²) in [7, 11) is 0. The summed E-state index contributed by atoms with van der Waals surface area (Å²) in [6.45, 7) is 9.18. The number of hydrogen-bond donors (Lipinski definition) is 1.